The minimum atomic E-state index is 0.00744. The normalized spacial score (nSPS) is 15.1. The van der Waals surface area contributed by atoms with Gasteiger partial charge < -0.3 is 25.2 Å². The number of carbonyl (C=O) groups is 1. The molecule has 0 fully saturated rings. The highest BCUT2D eigenvalue weighted by atomic mass is 16.5. The highest BCUT2D eigenvalue weighted by molar-refractivity contribution is 5.97. The van der Waals surface area contributed by atoms with E-state index in [2.05, 4.69) is 41.3 Å². The number of anilines is 1. The number of nitrogens with zero attached hydrogens (tertiary/aromatic N) is 3. The number of carbonyl (C=O) groups excluding carboxylic acids is 1. The van der Waals surface area contributed by atoms with Crippen molar-refractivity contribution in [1.82, 2.24) is 15.5 Å². The second kappa shape index (κ2) is 12.3. The van der Waals surface area contributed by atoms with E-state index in [0.717, 1.165) is 56.4 Å². The first-order valence-corrected chi connectivity index (χ1v) is 10.8. The maximum atomic E-state index is 12.2. The van der Waals surface area contributed by atoms with E-state index in [4.69, 9.17) is 4.74 Å². The Morgan fingerprint density at radius 2 is 2.03 bits per heavy atom. The smallest absolute Gasteiger partial charge is 0.265 e. The van der Waals surface area contributed by atoms with Gasteiger partial charge in [0.05, 0.1) is 5.69 Å². The Kier molecular flexibility index (Phi) is 9.77. The maximum Gasteiger partial charge on any atom is 0.265 e. The number of ether oxygens (including phenoxy) is 1. The first kappa shape index (κ1) is 23.0. The molecule has 2 rings (SSSR count). The van der Waals surface area contributed by atoms with Crippen molar-refractivity contribution in [2.24, 2.45) is 4.99 Å². The lowest BCUT2D eigenvalue weighted by atomic mass is 10.2. The van der Waals surface area contributed by atoms with E-state index in [1.807, 2.05) is 29.2 Å². The number of aliphatic imine (C=N–C) groups is 1. The summed E-state index contributed by atoms with van der Waals surface area (Å²) in [4.78, 5) is 20.8. The lowest BCUT2D eigenvalue weighted by Gasteiger charge is -2.29. The molecular formula is C22H37N5O2. The Labute approximate surface area is 175 Å². The van der Waals surface area contributed by atoms with Crippen LogP contribution >= 0.6 is 0 Å². The third-order valence-corrected chi connectivity index (χ3v) is 5.27. The molecule has 29 heavy (non-hydrogen) atoms. The Bertz CT molecular complexity index is 660. The van der Waals surface area contributed by atoms with Crippen molar-refractivity contribution in [2.75, 3.05) is 51.3 Å². The van der Waals surface area contributed by atoms with Gasteiger partial charge in [-0.3, -0.25) is 9.79 Å². The van der Waals surface area contributed by atoms with E-state index in [0.29, 0.717) is 12.6 Å². The van der Waals surface area contributed by atoms with Crippen molar-refractivity contribution < 1.29 is 9.53 Å². The summed E-state index contributed by atoms with van der Waals surface area (Å²) in [6.07, 6.45) is 3.11. The fraction of sp³-hybridized carbons (Fsp3) is 0.636. The van der Waals surface area contributed by atoms with Crippen molar-refractivity contribution in [3.05, 3.63) is 24.3 Å². The third-order valence-electron chi connectivity index (χ3n) is 5.27. The number of guanidine groups is 1. The lowest BCUT2D eigenvalue weighted by molar-refractivity contribution is -0.121. The molecule has 2 N–H and O–H groups in total. The molecule has 0 saturated carbocycles. The van der Waals surface area contributed by atoms with Gasteiger partial charge in [0.1, 0.15) is 5.75 Å². The zero-order valence-corrected chi connectivity index (χ0v) is 18.4. The van der Waals surface area contributed by atoms with Gasteiger partial charge in [0.15, 0.2) is 12.6 Å². The highest BCUT2D eigenvalue weighted by Gasteiger charge is 2.24. The molecule has 1 aromatic rings. The van der Waals surface area contributed by atoms with Gasteiger partial charge in [-0.1, -0.05) is 26.0 Å². The Morgan fingerprint density at radius 1 is 1.28 bits per heavy atom. The molecule has 1 unspecified atom stereocenters. The summed E-state index contributed by atoms with van der Waals surface area (Å²) in [7, 11) is 1.79. The van der Waals surface area contributed by atoms with Gasteiger partial charge >= 0.3 is 0 Å². The number of nitrogens with one attached hydrogen (secondary N) is 2. The van der Waals surface area contributed by atoms with E-state index < -0.39 is 0 Å². The van der Waals surface area contributed by atoms with Crippen LogP contribution in [0, 0.1) is 0 Å². The number of para-hydroxylation sites is 2. The number of amides is 1. The number of hydrogen-bond acceptors (Lipinski definition) is 4. The molecule has 7 nitrogen and oxygen atoms in total. The van der Waals surface area contributed by atoms with Crippen molar-refractivity contribution >= 4 is 17.6 Å². The third kappa shape index (κ3) is 7.24. The molecule has 0 aromatic heterocycles. The van der Waals surface area contributed by atoms with Gasteiger partial charge in [-0.25, -0.2) is 0 Å². The average Bonchev–Trinajstić information content (AvgIpc) is 2.74. The van der Waals surface area contributed by atoms with E-state index in [1.54, 1.807) is 7.05 Å². The van der Waals surface area contributed by atoms with E-state index in [9.17, 15) is 4.79 Å². The van der Waals surface area contributed by atoms with E-state index >= 15 is 0 Å². The molecule has 1 aliphatic rings. The van der Waals surface area contributed by atoms with Gasteiger partial charge in [-0.15, -0.1) is 0 Å². The molecule has 1 amide bonds. The van der Waals surface area contributed by atoms with Crippen molar-refractivity contribution in [1.29, 1.82) is 0 Å². The van der Waals surface area contributed by atoms with E-state index in [1.165, 1.54) is 6.42 Å². The molecule has 1 aromatic carbocycles. The van der Waals surface area contributed by atoms with Crippen molar-refractivity contribution in [3.8, 4) is 5.75 Å². The molecule has 1 aliphatic heterocycles. The second-order valence-electron chi connectivity index (χ2n) is 7.37. The predicted octanol–water partition coefficient (Wildman–Crippen LogP) is 2.48. The van der Waals surface area contributed by atoms with Crippen molar-refractivity contribution in [2.45, 2.75) is 46.1 Å². The number of fused-ring (bicyclic) bond motifs is 1. The first-order chi connectivity index (χ1) is 14.1. The summed E-state index contributed by atoms with van der Waals surface area (Å²) >= 11 is 0. The van der Waals surface area contributed by atoms with Gasteiger partial charge in [-0.2, -0.15) is 0 Å². The molecular weight excluding hydrogens is 366 g/mol. The predicted molar refractivity (Wildman–Crippen MR) is 120 cm³/mol. The average molecular weight is 404 g/mol. The molecule has 0 aliphatic carbocycles. The molecule has 0 spiro atoms. The molecule has 0 bridgehead atoms. The van der Waals surface area contributed by atoms with Gasteiger partial charge in [0, 0.05) is 26.2 Å². The fourth-order valence-electron chi connectivity index (χ4n) is 3.50. The number of rotatable bonds is 11. The van der Waals surface area contributed by atoms with E-state index in [-0.39, 0.29) is 12.5 Å². The van der Waals surface area contributed by atoms with Crippen LogP contribution in [0.25, 0.3) is 0 Å². The maximum absolute atomic E-state index is 12.2. The standard InChI is InChI=1S/C22H37N5O2/c1-5-26(6-2)15-9-11-18(3)25-22(23-4)24-14-10-16-27-19-12-7-8-13-20(19)29-17-21(27)28/h7-8,12-13,18H,5-6,9-11,14-17H2,1-4H3,(H2,23,24,25). The molecule has 1 heterocycles. The minimum absolute atomic E-state index is 0.00744. The van der Waals surface area contributed by atoms with Crippen molar-refractivity contribution in [3.63, 3.8) is 0 Å². The molecule has 1 atom stereocenters. The Balaban J connectivity index is 1.70. The van der Waals surface area contributed by atoms with Gasteiger partial charge in [-0.05, 0) is 58.0 Å². The Hall–Kier alpha value is -2.28. The van der Waals surface area contributed by atoms with Crippen LogP contribution in [0.1, 0.15) is 40.0 Å². The van der Waals surface area contributed by atoms with Crippen LogP contribution in [0.5, 0.6) is 5.75 Å². The van der Waals surface area contributed by atoms with Crippen LogP contribution in [0.3, 0.4) is 0 Å². The van der Waals surface area contributed by atoms with Gasteiger partial charge in [0.2, 0.25) is 0 Å². The largest absolute Gasteiger partial charge is 0.482 e. The first-order valence-electron chi connectivity index (χ1n) is 10.8. The van der Waals surface area contributed by atoms with Crippen LogP contribution in [-0.4, -0.2) is 69.2 Å². The number of benzene rings is 1. The van der Waals surface area contributed by atoms with Gasteiger partial charge in [0.25, 0.3) is 5.91 Å². The zero-order chi connectivity index (χ0) is 21.1. The van der Waals surface area contributed by atoms with Crippen LogP contribution < -0.4 is 20.3 Å². The molecule has 7 heteroatoms. The summed E-state index contributed by atoms with van der Waals surface area (Å²) in [5.74, 6) is 1.60. The SMILES string of the molecule is CCN(CC)CCCC(C)NC(=NC)NCCCN1C(=O)COc2ccccc21. The lowest BCUT2D eigenvalue weighted by Crippen LogP contribution is -2.44. The minimum Gasteiger partial charge on any atom is -0.482 e. The highest BCUT2D eigenvalue weighted by Crippen LogP contribution is 2.31. The summed E-state index contributed by atoms with van der Waals surface area (Å²) in [5.41, 5.74) is 0.855. The number of hydrogen-bond donors (Lipinski definition) is 2. The molecule has 0 saturated heterocycles. The van der Waals surface area contributed by atoms with Crippen LogP contribution in [0.4, 0.5) is 5.69 Å². The van der Waals surface area contributed by atoms with Crippen LogP contribution in [0.2, 0.25) is 0 Å². The second-order valence-corrected chi connectivity index (χ2v) is 7.37. The van der Waals surface area contributed by atoms with Crippen LogP contribution in [-0.2, 0) is 4.79 Å². The quantitative estimate of drug-likeness (QED) is 0.337. The summed E-state index contributed by atoms with van der Waals surface area (Å²) in [5, 5.41) is 6.82. The molecule has 162 valence electrons. The summed E-state index contributed by atoms with van der Waals surface area (Å²) < 4.78 is 5.49. The zero-order valence-electron chi connectivity index (χ0n) is 18.4. The summed E-state index contributed by atoms with van der Waals surface area (Å²) in [6.45, 7) is 11.5. The topological polar surface area (TPSA) is 69.2 Å². The summed E-state index contributed by atoms with van der Waals surface area (Å²) in [6, 6.07) is 8.05. The monoisotopic (exact) mass is 403 g/mol. The fourth-order valence-corrected chi connectivity index (χ4v) is 3.50. The molecule has 0 radical (unpaired) electrons. The Morgan fingerprint density at radius 3 is 2.76 bits per heavy atom. The van der Waals surface area contributed by atoms with Crippen LogP contribution in [0.15, 0.2) is 29.3 Å².